The number of phenolic OH excluding ortho intramolecular Hbond substituents is 1. The van der Waals surface area contributed by atoms with Gasteiger partial charge in [0.15, 0.2) is 0 Å². The van der Waals surface area contributed by atoms with Crippen molar-refractivity contribution in [3.63, 3.8) is 0 Å². The summed E-state index contributed by atoms with van der Waals surface area (Å²) in [5, 5.41) is 13.0. The van der Waals surface area contributed by atoms with Crippen LogP contribution in [0.3, 0.4) is 0 Å². The van der Waals surface area contributed by atoms with Crippen molar-refractivity contribution in [2.45, 2.75) is 13.8 Å². The number of nitrogens with one attached hydrogen (secondary N) is 1. The molecule has 5 heteroatoms. The quantitative estimate of drug-likeness (QED) is 0.884. The first-order valence-electron chi connectivity index (χ1n) is 5.71. The molecule has 0 unspecified atom stereocenters. The van der Waals surface area contributed by atoms with Crippen LogP contribution in [0, 0.1) is 13.8 Å². The van der Waals surface area contributed by atoms with Gasteiger partial charge in [0.1, 0.15) is 11.4 Å². The van der Waals surface area contributed by atoms with E-state index in [0.717, 1.165) is 5.56 Å². The van der Waals surface area contributed by atoms with E-state index in [9.17, 15) is 9.90 Å². The molecular weight excluding hydrogens is 264 g/mol. The molecule has 0 aliphatic carbocycles. The zero-order valence-electron chi connectivity index (χ0n) is 10.6. The van der Waals surface area contributed by atoms with E-state index in [2.05, 4.69) is 10.3 Å². The average molecular weight is 277 g/mol. The van der Waals surface area contributed by atoms with Crippen molar-refractivity contribution in [3.8, 4) is 5.75 Å². The monoisotopic (exact) mass is 276 g/mol. The number of hydrogen-bond acceptors (Lipinski definition) is 3. The lowest BCUT2D eigenvalue weighted by Gasteiger charge is -2.11. The molecule has 0 atom stereocenters. The maximum atomic E-state index is 12.0. The summed E-state index contributed by atoms with van der Waals surface area (Å²) in [5.74, 6) is -0.189. The summed E-state index contributed by atoms with van der Waals surface area (Å²) < 4.78 is 0. The lowest BCUT2D eigenvalue weighted by molar-refractivity contribution is 0.102. The molecule has 0 aliphatic heterocycles. The minimum atomic E-state index is -0.367. The molecule has 0 saturated carbocycles. The van der Waals surface area contributed by atoms with Crippen LogP contribution < -0.4 is 5.32 Å². The molecule has 4 nitrogen and oxygen atoms in total. The van der Waals surface area contributed by atoms with Gasteiger partial charge in [-0.3, -0.25) is 9.78 Å². The second-order valence-electron chi connectivity index (χ2n) is 4.22. The summed E-state index contributed by atoms with van der Waals surface area (Å²) in [5.41, 5.74) is 2.16. The number of hydrogen-bond donors (Lipinski definition) is 2. The highest BCUT2D eigenvalue weighted by Gasteiger charge is 2.12. The van der Waals surface area contributed by atoms with Crippen LogP contribution >= 0.6 is 11.6 Å². The predicted molar refractivity (Wildman–Crippen MR) is 74.8 cm³/mol. The van der Waals surface area contributed by atoms with Crippen molar-refractivity contribution in [1.29, 1.82) is 0 Å². The number of nitrogens with zero attached hydrogens (tertiary/aromatic N) is 1. The number of phenols is 1. The number of aromatic hydroxyl groups is 1. The summed E-state index contributed by atoms with van der Waals surface area (Å²) >= 11 is 5.81. The molecule has 1 heterocycles. The van der Waals surface area contributed by atoms with Crippen LogP contribution in [0.15, 0.2) is 30.5 Å². The van der Waals surface area contributed by atoms with Crippen LogP contribution in [0.25, 0.3) is 0 Å². The number of anilines is 1. The average Bonchev–Trinajstić information content (AvgIpc) is 2.39. The number of aromatic nitrogens is 1. The Labute approximate surface area is 116 Å². The van der Waals surface area contributed by atoms with E-state index < -0.39 is 0 Å². The van der Waals surface area contributed by atoms with Gasteiger partial charge in [-0.2, -0.15) is 0 Å². The molecule has 0 radical (unpaired) electrons. The SMILES string of the molecule is Cc1ccc(NC(=O)c2cc(Cl)ccn2)c(C)c1O. The number of rotatable bonds is 2. The first-order chi connectivity index (χ1) is 8.99. The van der Waals surface area contributed by atoms with Crippen LogP contribution in [0.5, 0.6) is 5.75 Å². The smallest absolute Gasteiger partial charge is 0.274 e. The van der Waals surface area contributed by atoms with E-state index in [1.807, 2.05) is 0 Å². The molecule has 2 rings (SSSR count). The molecule has 0 aliphatic rings. The molecule has 1 aromatic carbocycles. The largest absolute Gasteiger partial charge is 0.507 e. The van der Waals surface area contributed by atoms with Gasteiger partial charge in [0.05, 0.1) is 0 Å². The molecule has 1 amide bonds. The third-order valence-electron chi connectivity index (χ3n) is 2.84. The van der Waals surface area contributed by atoms with Crippen LogP contribution in [0.2, 0.25) is 5.02 Å². The third-order valence-corrected chi connectivity index (χ3v) is 3.07. The van der Waals surface area contributed by atoms with Crippen molar-refractivity contribution in [2.24, 2.45) is 0 Å². The molecule has 2 N–H and O–H groups in total. The first kappa shape index (κ1) is 13.4. The standard InChI is InChI=1S/C14H13ClN2O2/c1-8-3-4-11(9(2)13(8)18)17-14(19)12-7-10(15)5-6-16-12/h3-7,18H,1-2H3,(H,17,19). The van der Waals surface area contributed by atoms with Gasteiger partial charge in [-0.05, 0) is 37.6 Å². The normalized spacial score (nSPS) is 10.3. The molecule has 2 aromatic rings. The zero-order valence-corrected chi connectivity index (χ0v) is 11.3. The van der Waals surface area contributed by atoms with E-state index in [1.54, 1.807) is 32.0 Å². The first-order valence-corrected chi connectivity index (χ1v) is 6.09. The summed E-state index contributed by atoms with van der Waals surface area (Å²) in [4.78, 5) is 15.9. The molecule has 0 bridgehead atoms. The van der Waals surface area contributed by atoms with Gasteiger partial charge in [-0.15, -0.1) is 0 Å². The van der Waals surface area contributed by atoms with Gasteiger partial charge in [0.2, 0.25) is 0 Å². The lowest BCUT2D eigenvalue weighted by Crippen LogP contribution is -2.14. The lowest BCUT2D eigenvalue weighted by atomic mass is 10.1. The van der Waals surface area contributed by atoms with Gasteiger partial charge in [0, 0.05) is 22.5 Å². The van der Waals surface area contributed by atoms with Crippen LogP contribution in [-0.4, -0.2) is 16.0 Å². The highest BCUT2D eigenvalue weighted by molar-refractivity contribution is 6.30. The number of benzene rings is 1. The van der Waals surface area contributed by atoms with Gasteiger partial charge >= 0.3 is 0 Å². The van der Waals surface area contributed by atoms with E-state index in [-0.39, 0.29) is 17.4 Å². The second-order valence-corrected chi connectivity index (χ2v) is 4.65. The fourth-order valence-corrected chi connectivity index (χ4v) is 1.85. The van der Waals surface area contributed by atoms with Crippen molar-refractivity contribution in [3.05, 3.63) is 52.3 Å². The van der Waals surface area contributed by atoms with Crippen molar-refractivity contribution in [2.75, 3.05) is 5.32 Å². The van der Waals surface area contributed by atoms with Crippen LogP contribution in [0.1, 0.15) is 21.6 Å². The Morgan fingerprint density at radius 2 is 2.05 bits per heavy atom. The molecule has 1 aromatic heterocycles. The fraction of sp³-hybridized carbons (Fsp3) is 0.143. The number of aryl methyl sites for hydroxylation is 1. The molecular formula is C14H13ClN2O2. The van der Waals surface area contributed by atoms with Crippen molar-refractivity contribution >= 4 is 23.2 Å². The van der Waals surface area contributed by atoms with E-state index in [4.69, 9.17) is 11.6 Å². The van der Waals surface area contributed by atoms with E-state index >= 15 is 0 Å². The Hall–Kier alpha value is -2.07. The van der Waals surface area contributed by atoms with Crippen LogP contribution in [-0.2, 0) is 0 Å². The molecule has 0 fully saturated rings. The molecule has 0 saturated heterocycles. The molecule has 0 spiro atoms. The maximum Gasteiger partial charge on any atom is 0.274 e. The summed E-state index contributed by atoms with van der Waals surface area (Å²) in [7, 11) is 0. The second kappa shape index (κ2) is 5.28. The Morgan fingerprint density at radius 3 is 2.74 bits per heavy atom. The highest BCUT2D eigenvalue weighted by atomic mass is 35.5. The van der Waals surface area contributed by atoms with Crippen molar-refractivity contribution in [1.82, 2.24) is 4.98 Å². The Bertz CT molecular complexity index is 641. The van der Waals surface area contributed by atoms with Gasteiger partial charge in [0.25, 0.3) is 5.91 Å². The number of amides is 1. The zero-order chi connectivity index (χ0) is 14.0. The fourth-order valence-electron chi connectivity index (χ4n) is 1.69. The third kappa shape index (κ3) is 2.85. The molecule has 98 valence electrons. The summed E-state index contributed by atoms with van der Waals surface area (Å²) in [6.07, 6.45) is 1.47. The van der Waals surface area contributed by atoms with E-state index in [1.165, 1.54) is 12.3 Å². The predicted octanol–water partition coefficient (Wildman–Crippen LogP) is 3.31. The maximum absolute atomic E-state index is 12.0. The Morgan fingerprint density at radius 1 is 1.32 bits per heavy atom. The number of pyridine rings is 1. The summed E-state index contributed by atoms with van der Waals surface area (Å²) in [6.45, 7) is 3.54. The highest BCUT2D eigenvalue weighted by Crippen LogP contribution is 2.28. The number of carbonyl (C=O) groups is 1. The number of halogens is 1. The number of carbonyl (C=O) groups excluding carboxylic acids is 1. The van der Waals surface area contributed by atoms with Crippen molar-refractivity contribution < 1.29 is 9.90 Å². The topological polar surface area (TPSA) is 62.2 Å². The van der Waals surface area contributed by atoms with Crippen LogP contribution in [0.4, 0.5) is 5.69 Å². The van der Waals surface area contributed by atoms with Gasteiger partial charge < -0.3 is 10.4 Å². The Balaban J connectivity index is 2.27. The minimum absolute atomic E-state index is 0.178. The Kier molecular flexibility index (Phi) is 3.71. The summed E-state index contributed by atoms with van der Waals surface area (Å²) in [6, 6.07) is 6.57. The van der Waals surface area contributed by atoms with Gasteiger partial charge in [-0.25, -0.2) is 0 Å². The van der Waals surface area contributed by atoms with Gasteiger partial charge in [-0.1, -0.05) is 17.7 Å². The van der Waals surface area contributed by atoms with E-state index in [0.29, 0.717) is 16.3 Å². The minimum Gasteiger partial charge on any atom is -0.507 e. The molecule has 19 heavy (non-hydrogen) atoms.